The highest BCUT2D eigenvalue weighted by atomic mass is 16.5. The normalized spacial score (nSPS) is 14.0. The maximum Gasteiger partial charge on any atom is 0.313 e. The van der Waals surface area contributed by atoms with Gasteiger partial charge in [-0.05, 0) is 56.4 Å². The summed E-state index contributed by atoms with van der Waals surface area (Å²) in [6.07, 6.45) is 0.189. The second-order valence-electron chi connectivity index (χ2n) is 5.14. The number of carboxylic acid groups (broad SMARTS) is 1. The molecule has 0 amide bonds. The minimum atomic E-state index is -1.08. The van der Waals surface area contributed by atoms with Gasteiger partial charge in [-0.1, -0.05) is 6.07 Å². The van der Waals surface area contributed by atoms with Crippen LogP contribution in [0.25, 0.3) is 0 Å². The third-order valence-electron chi connectivity index (χ3n) is 3.91. The van der Waals surface area contributed by atoms with Crippen LogP contribution in [-0.2, 0) is 10.2 Å². The fourth-order valence-electron chi connectivity index (χ4n) is 2.53. The van der Waals surface area contributed by atoms with Crippen molar-refractivity contribution < 1.29 is 19.7 Å². The lowest BCUT2D eigenvalue weighted by Gasteiger charge is -2.28. The zero-order valence-corrected chi connectivity index (χ0v) is 12.2. The molecule has 2 N–H and O–H groups in total. The maximum absolute atomic E-state index is 11.6. The van der Waals surface area contributed by atoms with Gasteiger partial charge in [0.2, 0.25) is 0 Å². The third-order valence-corrected chi connectivity index (χ3v) is 3.91. The number of methoxy groups -OCH3 is 1. The Hall–Kier alpha value is -1.55. The predicted octanol–water partition coefficient (Wildman–Crippen LogP) is 2.35. The number of rotatable bonds is 5. The van der Waals surface area contributed by atoms with Gasteiger partial charge in [0.1, 0.15) is 5.75 Å². The third kappa shape index (κ3) is 2.59. The molecule has 0 heterocycles. The lowest BCUT2D eigenvalue weighted by Crippen LogP contribution is -2.34. The number of ether oxygens (including phenoxy) is 1. The topological polar surface area (TPSA) is 66.8 Å². The molecule has 4 heteroatoms. The summed E-state index contributed by atoms with van der Waals surface area (Å²) in [4.78, 5) is 11.6. The fraction of sp³-hybridized carbons (Fsp3) is 0.533. The van der Waals surface area contributed by atoms with Crippen molar-refractivity contribution in [3.63, 3.8) is 0 Å². The standard InChI is InChI=1S/C15H22O4/c1-9-8-12(10(2)11(3)13(9)19-5)15(4,6-7-16)14(17)18/h8,16H,6-7H2,1-5H3,(H,17,18). The molecule has 0 aromatic heterocycles. The van der Waals surface area contributed by atoms with Gasteiger partial charge >= 0.3 is 5.97 Å². The summed E-state index contributed by atoms with van der Waals surface area (Å²) in [5.41, 5.74) is 2.42. The number of carboxylic acids is 1. The predicted molar refractivity (Wildman–Crippen MR) is 73.9 cm³/mol. The Bertz CT molecular complexity index is 493. The summed E-state index contributed by atoms with van der Waals surface area (Å²) in [7, 11) is 1.61. The second-order valence-corrected chi connectivity index (χ2v) is 5.14. The molecule has 0 bridgehead atoms. The monoisotopic (exact) mass is 266 g/mol. The Kier molecular flexibility index (Phi) is 4.58. The number of aliphatic carboxylic acids is 1. The van der Waals surface area contributed by atoms with Gasteiger partial charge in [-0.25, -0.2) is 0 Å². The smallest absolute Gasteiger partial charge is 0.313 e. The molecule has 0 aliphatic rings. The number of aryl methyl sites for hydroxylation is 1. The van der Waals surface area contributed by atoms with Crippen molar-refractivity contribution in [1.29, 1.82) is 0 Å². The van der Waals surface area contributed by atoms with Crippen molar-refractivity contribution in [1.82, 2.24) is 0 Å². The first-order valence-electron chi connectivity index (χ1n) is 6.29. The van der Waals surface area contributed by atoms with E-state index in [1.807, 2.05) is 26.8 Å². The van der Waals surface area contributed by atoms with E-state index < -0.39 is 11.4 Å². The highest BCUT2D eigenvalue weighted by molar-refractivity contribution is 5.82. The van der Waals surface area contributed by atoms with Gasteiger partial charge in [0.25, 0.3) is 0 Å². The average Bonchev–Trinajstić information content (AvgIpc) is 2.34. The van der Waals surface area contributed by atoms with Gasteiger partial charge in [0.15, 0.2) is 0 Å². The molecule has 0 aliphatic heterocycles. The molecule has 0 saturated heterocycles. The van der Waals surface area contributed by atoms with E-state index in [-0.39, 0.29) is 13.0 Å². The van der Waals surface area contributed by atoms with E-state index >= 15 is 0 Å². The average molecular weight is 266 g/mol. The van der Waals surface area contributed by atoms with E-state index in [0.29, 0.717) is 0 Å². The summed E-state index contributed by atoms with van der Waals surface area (Å²) in [6, 6.07) is 1.85. The van der Waals surface area contributed by atoms with Gasteiger partial charge in [-0.15, -0.1) is 0 Å². The van der Waals surface area contributed by atoms with E-state index in [1.165, 1.54) is 0 Å². The summed E-state index contributed by atoms with van der Waals surface area (Å²) >= 11 is 0. The molecule has 1 aromatic carbocycles. The zero-order chi connectivity index (χ0) is 14.8. The molecule has 106 valence electrons. The molecule has 0 spiro atoms. The second kappa shape index (κ2) is 5.61. The van der Waals surface area contributed by atoms with Crippen LogP contribution in [-0.4, -0.2) is 29.9 Å². The van der Waals surface area contributed by atoms with Gasteiger partial charge in [-0.2, -0.15) is 0 Å². The number of hydrogen-bond donors (Lipinski definition) is 2. The molecular weight excluding hydrogens is 244 g/mol. The molecule has 1 atom stereocenters. The molecule has 0 fully saturated rings. The van der Waals surface area contributed by atoms with Crippen molar-refractivity contribution in [3.8, 4) is 5.75 Å². The van der Waals surface area contributed by atoms with Crippen LogP contribution in [0.3, 0.4) is 0 Å². The highest BCUT2D eigenvalue weighted by Crippen LogP contribution is 2.37. The van der Waals surface area contributed by atoms with E-state index in [0.717, 1.165) is 28.0 Å². The van der Waals surface area contributed by atoms with Crippen LogP contribution >= 0.6 is 0 Å². The molecular formula is C15H22O4. The number of hydrogen-bond acceptors (Lipinski definition) is 3. The van der Waals surface area contributed by atoms with Crippen LogP contribution in [0.2, 0.25) is 0 Å². The molecule has 0 saturated carbocycles. The molecule has 0 radical (unpaired) electrons. The molecule has 1 unspecified atom stereocenters. The summed E-state index contributed by atoms with van der Waals surface area (Å²) in [6.45, 7) is 7.21. The maximum atomic E-state index is 11.6. The molecule has 1 rings (SSSR count). The SMILES string of the molecule is COc1c(C)cc(C(C)(CCO)C(=O)O)c(C)c1C. The summed E-state index contributed by atoms with van der Waals surface area (Å²) < 4.78 is 5.35. The Morgan fingerprint density at radius 1 is 1.32 bits per heavy atom. The van der Waals surface area contributed by atoms with Crippen molar-refractivity contribution in [2.45, 2.75) is 39.5 Å². The first-order valence-corrected chi connectivity index (χ1v) is 6.29. The molecule has 0 aliphatic carbocycles. The van der Waals surface area contributed by atoms with Crippen molar-refractivity contribution in [2.75, 3.05) is 13.7 Å². The first-order chi connectivity index (χ1) is 8.79. The van der Waals surface area contributed by atoms with Gasteiger partial charge < -0.3 is 14.9 Å². The van der Waals surface area contributed by atoms with Gasteiger partial charge in [0.05, 0.1) is 12.5 Å². The summed E-state index contributed by atoms with van der Waals surface area (Å²) in [5, 5.41) is 18.7. The highest BCUT2D eigenvalue weighted by Gasteiger charge is 2.36. The minimum Gasteiger partial charge on any atom is -0.496 e. The van der Waals surface area contributed by atoms with Crippen LogP contribution in [0.15, 0.2) is 6.07 Å². The van der Waals surface area contributed by atoms with Crippen LogP contribution in [0.1, 0.15) is 35.6 Å². The Morgan fingerprint density at radius 2 is 1.89 bits per heavy atom. The largest absolute Gasteiger partial charge is 0.496 e. The van der Waals surface area contributed by atoms with Crippen molar-refractivity contribution in [3.05, 3.63) is 28.3 Å². The lowest BCUT2D eigenvalue weighted by molar-refractivity contribution is -0.143. The zero-order valence-electron chi connectivity index (χ0n) is 12.2. The Balaban J connectivity index is 3.54. The van der Waals surface area contributed by atoms with E-state index in [2.05, 4.69) is 0 Å². The van der Waals surface area contributed by atoms with Crippen LogP contribution in [0.5, 0.6) is 5.75 Å². The van der Waals surface area contributed by atoms with Crippen LogP contribution < -0.4 is 4.74 Å². The van der Waals surface area contributed by atoms with E-state index in [9.17, 15) is 9.90 Å². The number of aliphatic hydroxyl groups is 1. The first kappa shape index (κ1) is 15.5. The summed E-state index contributed by atoms with van der Waals surface area (Å²) in [5.74, 6) is -0.133. The number of aliphatic hydroxyl groups excluding tert-OH is 1. The molecule has 19 heavy (non-hydrogen) atoms. The minimum absolute atomic E-state index is 0.160. The molecule has 1 aromatic rings. The van der Waals surface area contributed by atoms with Crippen LogP contribution in [0.4, 0.5) is 0 Å². The molecule has 4 nitrogen and oxygen atoms in total. The number of benzene rings is 1. The Labute approximate surface area is 114 Å². The quantitative estimate of drug-likeness (QED) is 0.858. The number of carbonyl (C=O) groups is 1. The van der Waals surface area contributed by atoms with E-state index in [4.69, 9.17) is 9.84 Å². The van der Waals surface area contributed by atoms with Crippen molar-refractivity contribution >= 4 is 5.97 Å². The van der Waals surface area contributed by atoms with Crippen molar-refractivity contribution in [2.24, 2.45) is 0 Å². The lowest BCUT2D eigenvalue weighted by atomic mass is 9.76. The Morgan fingerprint density at radius 3 is 2.32 bits per heavy atom. The van der Waals surface area contributed by atoms with Crippen LogP contribution in [0, 0.1) is 20.8 Å². The van der Waals surface area contributed by atoms with Gasteiger partial charge in [0, 0.05) is 6.61 Å². The van der Waals surface area contributed by atoms with E-state index in [1.54, 1.807) is 14.0 Å². The fourth-order valence-corrected chi connectivity index (χ4v) is 2.53. The van der Waals surface area contributed by atoms with Gasteiger partial charge in [-0.3, -0.25) is 4.79 Å².